The molecule has 5 heteroatoms. The zero-order valence-corrected chi connectivity index (χ0v) is 11.2. The van der Waals surface area contributed by atoms with E-state index in [-0.39, 0.29) is 11.9 Å². The number of rotatable bonds is 5. The highest BCUT2D eigenvalue weighted by molar-refractivity contribution is 5.78. The van der Waals surface area contributed by atoms with Crippen LogP contribution in [0.25, 0.3) is 0 Å². The Balaban J connectivity index is 1.99. The molecule has 0 aromatic carbocycles. The Hall–Kier alpha value is -2.17. The molecule has 2 heterocycles. The van der Waals surface area contributed by atoms with Crippen molar-refractivity contribution in [2.24, 2.45) is 7.05 Å². The van der Waals surface area contributed by atoms with Crippen LogP contribution < -0.4 is 5.32 Å². The molecule has 0 unspecified atom stereocenters. The third kappa shape index (κ3) is 3.40. The standard InChI is InChI=1S/C14H18N4O/c1-3-12(13-6-8-16-18(13)2)17-14(19)9-11-5-4-7-15-10-11/h4-8,10,12H,3,9H2,1-2H3,(H,17,19)/t12-/m0/s1. The lowest BCUT2D eigenvalue weighted by molar-refractivity contribution is -0.121. The van der Waals surface area contributed by atoms with Gasteiger partial charge in [0.15, 0.2) is 0 Å². The van der Waals surface area contributed by atoms with E-state index in [1.54, 1.807) is 23.3 Å². The molecular weight excluding hydrogens is 240 g/mol. The quantitative estimate of drug-likeness (QED) is 0.886. The smallest absolute Gasteiger partial charge is 0.225 e. The van der Waals surface area contributed by atoms with Gasteiger partial charge in [-0.1, -0.05) is 13.0 Å². The molecule has 2 aromatic heterocycles. The summed E-state index contributed by atoms with van der Waals surface area (Å²) < 4.78 is 1.79. The highest BCUT2D eigenvalue weighted by Gasteiger charge is 2.15. The van der Waals surface area contributed by atoms with Gasteiger partial charge in [-0.3, -0.25) is 14.5 Å². The van der Waals surface area contributed by atoms with E-state index < -0.39 is 0 Å². The molecule has 0 aliphatic carbocycles. The number of nitrogens with zero attached hydrogens (tertiary/aromatic N) is 3. The van der Waals surface area contributed by atoms with Crippen molar-refractivity contribution in [1.29, 1.82) is 0 Å². The minimum absolute atomic E-state index is 0.000972. The highest BCUT2D eigenvalue weighted by atomic mass is 16.1. The Morgan fingerprint density at radius 3 is 2.84 bits per heavy atom. The second-order valence-electron chi connectivity index (χ2n) is 4.45. The zero-order valence-electron chi connectivity index (χ0n) is 11.2. The van der Waals surface area contributed by atoms with Crippen LogP contribution in [0.4, 0.5) is 0 Å². The van der Waals surface area contributed by atoms with Crippen LogP contribution in [0.1, 0.15) is 30.6 Å². The second-order valence-corrected chi connectivity index (χ2v) is 4.45. The van der Waals surface area contributed by atoms with E-state index in [0.29, 0.717) is 6.42 Å². The Kier molecular flexibility index (Phi) is 4.28. The lowest BCUT2D eigenvalue weighted by Gasteiger charge is -2.17. The average molecular weight is 258 g/mol. The maximum atomic E-state index is 12.0. The van der Waals surface area contributed by atoms with Crippen molar-refractivity contribution < 1.29 is 4.79 Å². The number of pyridine rings is 1. The number of hydrogen-bond donors (Lipinski definition) is 1. The molecule has 0 radical (unpaired) electrons. The van der Waals surface area contributed by atoms with Gasteiger partial charge in [-0.05, 0) is 24.1 Å². The number of amides is 1. The molecular formula is C14H18N4O. The van der Waals surface area contributed by atoms with Crippen LogP contribution in [0.2, 0.25) is 0 Å². The predicted molar refractivity (Wildman–Crippen MR) is 72.3 cm³/mol. The number of aromatic nitrogens is 3. The van der Waals surface area contributed by atoms with Gasteiger partial charge in [-0.25, -0.2) is 0 Å². The van der Waals surface area contributed by atoms with E-state index in [4.69, 9.17) is 0 Å². The first-order valence-electron chi connectivity index (χ1n) is 6.37. The van der Waals surface area contributed by atoms with Gasteiger partial charge < -0.3 is 5.32 Å². The SMILES string of the molecule is CC[C@H](NC(=O)Cc1cccnc1)c1ccnn1C. The fourth-order valence-corrected chi connectivity index (χ4v) is 2.04. The number of aryl methyl sites for hydroxylation is 1. The summed E-state index contributed by atoms with van der Waals surface area (Å²) in [6.07, 6.45) is 6.34. The molecule has 0 saturated heterocycles. The van der Waals surface area contributed by atoms with Gasteiger partial charge >= 0.3 is 0 Å². The molecule has 2 rings (SSSR count). The van der Waals surface area contributed by atoms with Crippen molar-refractivity contribution in [2.45, 2.75) is 25.8 Å². The van der Waals surface area contributed by atoms with Crippen molar-refractivity contribution >= 4 is 5.91 Å². The molecule has 0 spiro atoms. The molecule has 2 aromatic rings. The maximum absolute atomic E-state index is 12.0. The molecule has 1 atom stereocenters. The van der Waals surface area contributed by atoms with Gasteiger partial charge in [0.25, 0.3) is 0 Å². The molecule has 0 saturated carbocycles. The average Bonchev–Trinajstić information content (AvgIpc) is 2.83. The van der Waals surface area contributed by atoms with Crippen LogP contribution in [-0.4, -0.2) is 20.7 Å². The van der Waals surface area contributed by atoms with Crippen LogP contribution in [0.5, 0.6) is 0 Å². The Labute approximate surface area is 112 Å². The van der Waals surface area contributed by atoms with Crippen LogP contribution in [0.15, 0.2) is 36.8 Å². The van der Waals surface area contributed by atoms with E-state index in [0.717, 1.165) is 17.7 Å². The van der Waals surface area contributed by atoms with E-state index in [1.165, 1.54) is 0 Å². The van der Waals surface area contributed by atoms with Crippen molar-refractivity contribution in [3.8, 4) is 0 Å². The summed E-state index contributed by atoms with van der Waals surface area (Å²) in [5, 5.41) is 7.16. The number of nitrogens with one attached hydrogen (secondary N) is 1. The second kappa shape index (κ2) is 6.13. The molecule has 1 amide bonds. The van der Waals surface area contributed by atoms with Crippen molar-refractivity contribution in [1.82, 2.24) is 20.1 Å². The molecule has 19 heavy (non-hydrogen) atoms. The van der Waals surface area contributed by atoms with Gasteiger partial charge in [-0.15, -0.1) is 0 Å². The van der Waals surface area contributed by atoms with Crippen LogP contribution in [0, 0.1) is 0 Å². The lowest BCUT2D eigenvalue weighted by atomic mass is 10.1. The number of carbonyl (C=O) groups excluding carboxylic acids is 1. The summed E-state index contributed by atoms with van der Waals surface area (Å²) in [7, 11) is 1.88. The normalized spacial score (nSPS) is 12.1. The molecule has 0 aliphatic rings. The van der Waals surface area contributed by atoms with Crippen molar-refractivity contribution in [2.75, 3.05) is 0 Å². The van der Waals surface area contributed by atoms with Gasteiger partial charge in [0, 0.05) is 25.6 Å². The Bertz CT molecular complexity index is 535. The summed E-state index contributed by atoms with van der Waals surface area (Å²) in [5.74, 6) is 0.000972. The first-order chi connectivity index (χ1) is 9.20. The minimum Gasteiger partial charge on any atom is -0.347 e. The highest BCUT2D eigenvalue weighted by Crippen LogP contribution is 2.15. The Morgan fingerprint density at radius 2 is 2.26 bits per heavy atom. The van der Waals surface area contributed by atoms with Gasteiger partial charge in [0.2, 0.25) is 5.91 Å². The Morgan fingerprint density at radius 1 is 1.42 bits per heavy atom. The van der Waals surface area contributed by atoms with Crippen molar-refractivity contribution in [3.05, 3.63) is 48.0 Å². The van der Waals surface area contributed by atoms with E-state index in [1.807, 2.05) is 32.2 Å². The fourth-order valence-electron chi connectivity index (χ4n) is 2.04. The third-order valence-corrected chi connectivity index (χ3v) is 3.05. The molecule has 0 fully saturated rings. The maximum Gasteiger partial charge on any atom is 0.225 e. The molecule has 0 bridgehead atoms. The van der Waals surface area contributed by atoms with Crippen molar-refractivity contribution in [3.63, 3.8) is 0 Å². The minimum atomic E-state index is -0.00308. The molecule has 0 aliphatic heterocycles. The lowest BCUT2D eigenvalue weighted by Crippen LogP contribution is -2.30. The molecule has 5 nitrogen and oxygen atoms in total. The summed E-state index contributed by atoms with van der Waals surface area (Å²) in [5.41, 5.74) is 1.93. The summed E-state index contributed by atoms with van der Waals surface area (Å²) in [4.78, 5) is 16.0. The van der Waals surface area contributed by atoms with Gasteiger partial charge in [-0.2, -0.15) is 5.10 Å². The first kappa shape index (κ1) is 13.3. The number of hydrogen-bond acceptors (Lipinski definition) is 3. The first-order valence-corrected chi connectivity index (χ1v) is 6.37. The fraction of sp³-hybridized carbons (Fsp3) is 0.357. The third-order valence-electron chi connectivity index (χ3n) is 3.05. The monoisotopic (exact) mass is 258 g/mol. The predicted octanol–water partition coefficient (Wildman–Crippen LogP) is 1.63. The largest absolute Gasteiger partial charge is 0.347 e. The van der Waals surface area contributed by atoms with Crippen LogP contribution >= 0.6 is 0 Å². The van der Waals surface area contributed by atoms with E-state index >= 15 is 0 Å². The van der Waals surface area contributed by atoms with E-state index in [2.05, 4.69) is 15.4 Å². The van der Waals surface area contributed by atoms with Crippen LogP contribution in [-0.2, 0) is 18.3 Å². The van der Waals surface area contributed by atoms with Crippen LogP contribution in [0.3, 0.4) is 0 Å². The topological polar surface area (TPSA) is 59.8 Å². The number of carbonyl (C=O) groups is 1. The van der Waals surface area contributed by atoms with E-state index in [9.17, 15) is 4.79 Å². The van der Waals surface area contributed by atoms with Gasteiger partial charge in [0.1, 0.15) is 0 Å². The summed E-state index contributed by atoms with van der Waals surface area (Å²) in [6, 6.07) is 5.66. The summed E-state index contributed by atoms with van der Waals surface area (Å²) in [6.45, 7) is 2.04. The molecule has 100 valence electrons. The summed E-state index contributed by atoms with van der Waals surface area (Å²) >= 11 is 0. The van der Waals surface area contributed by atoms with Gasteiger partial charge in [0.05, 0.1) is 18.2 Å². The molecule has 1 N–H and O–H groups in total. The zero-order chi connectivity index (χ0) is 13.7.